The van der Waals surface area contributed by atoms with E-state index in [2.05, 4.69) is 105 Å². The van der Waals surface area contributed by atoms with Crippen LogP contribution in [0.4, 0.5) is 0 Å². The number of rotatable bonds is 10. The van der Waals surface area contributed by atoms with Crippen LogP contribution in [0, 0.1) is 6.92 Å². The van der Waals surface area contributed by atoms with E-state index in [4.69, 9.17) is 34.3 Å². The maximum absolute atomic E-state index is 6.49. The van der Waals surface area contributed by atoms with Crippen LogP contribution in [0.25, 0.3) is 120 Å². The van der Waals surface area contributed by atoms with Gasteiger partial charge >= 0.3 is 0 Å². The number of fused-ring (bicyclic) bond motifs is 7. The maximum atomic E-state index is 6.49. The van der Waals surface area contributed by atoms with Crippen molar-refractivity contribution in [2.45, 2.75) is 13.8 Å². The second kappa shape index (κ2) is 16.6. The summed E-state index contributed by atoms with van der Waals surface area (Å²) in [7, 11) is 0. The first-order valence-corrected chi connectivity index (χ1v) is 22.8. The van der Waals surface area contributed by atoms with Crippen molar-refractivity contribution < 1.29 is 4.42 Å². The molecule has 11 aromatic rings. The van der Waals surface area contributed by atoms with Gasteiger partial charge in [0.1, 0.15) is 11.3 Å². The van der Waals surface area contributed by atoms with E-state index in [9.17, 15) is 0 Å². The Morgan fingerprint density at radius 1 is 0.523 bits per heavy atom. The molecule has 11 rings (SSSR count). The van der Waals surface area contributed by atoms with Crippen LogP contribution in [-0.4, -0.2) is 29.9 Å². The Labute approximate surface area is 382 Å². The minimum atomic E-state index is 0.521. The van der Waals surface area contributed by atoms with Crippen LogP contribution >= 0.6 is 22.7 Å². The summed E-state index contributed by atoms with van der Waals surface area (Å²) >= 11 is 3.51. The normalized spacial score (nSPS) is 12.2. The number of furan rings is 1. The number of aryl methyl sites for hydroxylation is 1. The lowest BCUT2D eigenvalue weighted by Gasteiger charge is -2.11. The monoisotopic (exact) mass is 874 g/mol. The highest BCUT2D eigenvalue weighted by Gasteiger charge is 2.22. The highest BCUT2D eigenvalue weighted by Crippen LogP contribution is 2.43. The molecule has 0 unspecified atom stereocenters. The molecule has 0 amide bonds. The van der Waals surface area contributed by atoms with Crippen LogP contribution in [0.2, 0.25) is 0 Å². The molecule has 0 aliphatic rings. The molecule has 0 saturated heterocycles. The number of hydrogen-bond donors (Lipinski definition) is 0. The van der Waals surface area contributed by atoms with Crippen LogP contribution < -0.4 is 0 Å². The summed E-state index contributed by atoms with van der Waals surface area (Å²) in [6.45, 7) is 11.8. The molecular formula is C56H38N6OS2. The Morgan fingerprint density at radius 3 is 1.82 bits per heavy atom. The van der Waals surface area contributed by atoms with Crippen molar-refractivity contribution in [3.63, 3.8) is 0 Å². The van der Waals surface area contributed by atoms with Gasteiger partial charge in [0.25, 0.3) is 0 Å². The van der Waals surface area contributed by atoms with Gasteiger partial charge in [-0.2, -0.15) is 0 Å². The Hall–Kier alpha value is -7.98. The van der Waals surface area contributed by atoms with Crippen molar-refractivity contribution in [3.05, 3.63) is 194 Å². The molecule has 0 radical (unpaired) electrons. The first-order chi connectivity index (χ1) is 32.0. The van der Waals surface area contributed by atoms with Gasteiger partial charge in [-0.3, -0.25) is 0 Å². The molecule has 0 fully saturated rings. The fourth-order valence-electron chi connectivity index (χ4n) is 8.42. The molecule has 65 heavy (non-hydrogen) atoms. The van der Waals surface area contributed by atoms with E-state index in [1.54, 1.807) is 34.8 Å². The van der Waals surface area contributed by atoms with Crippen molar-refractivity contribution in [2.75, 3.05) is 0 Å². The Bertz CT molecular complexity index is 3800. The van der Waals surface area contributed by atoms with Crippen LogP contribution in [0.3, 0.4) is 0 Å². The lowest BCUT2D eigenvalue weighted by atomic mass is 10.0. The summed E-state index contributed by atoms with van der Waals surface area (Å²) in [5, 5.41) is 5.42. The molecule has 0 spiro atoms. The zero-order valence-electron chi connectivity index (χ0n) is 35.5. The van der Waals surface area contributed by atoms with Gasteiger partial charge in [0, 0.05) is 79.1 Å². The molecule has 9 heteroatoms. The van der Waals surface area contributed by atoms with Crippen molar-refractivity contribution >= 4 is 85.6 Å². The molecule has 0 bridgehead atoms. The van der Waals surface area contributed by atoms with Crippen LogP contribution in [0.1, 0.15) is 24.1 Å². The SMILES string of the molecule is C=C/C=C\C(=C/C)c1nc(-c2cccc3sc4ccccc4c23)nc(-c2cccc3sc4ccc(-c5nc(-c6ccccc6)nc(-c6cccc7c(C)c(/C=C\C=C)oc67)n5)cc4c23)n1. The van der Waals surface area contributed by atoms with Gasteiger partial charge in [0.2, 0.25) is 0 Å². The number of thiophene rings is 2. The molecule has 6 aromatic carbocycles. The Morgan fingerprint density at radius 2 is 1.09 bits per heavy atom. The number of hydrogen-bond acceptors (Lipinski definition) is 9. The Kier molecular flexibility index (Phi) is 10.2. The van der Waals surface area contributed by atoms with Crippen molar-refractivity contribution in [2.24, 2.45) is 0 Å². The largest absolute Gasteiger partial charge is 0.456 e. The number of allylic oxidation sites excluding steroid dienone is 7. The lowest BCUT2D eigenvalue weighted by Crippen LogP contribution is -2.02. The van der Waals surface area contributed by atoms with E-state index >= 15 is 0 Å². The standard InChI is InChI=1S/C56H38N6OS2/c1-5-8-18-34(7-3)51-58-54(39-23-16-28-46-48(39)38-21-13-14-27-44(38)64-46)62-55(59-51)40-24-17-29-47-49(40)42-32-36(30-31-45(42)65-47)53-57-52(35-19-11-10-12-20-35)60-56(61-53)41-25-15-22-37-33(4)43(26-9-6-2)63-50(37)41/h5-32H,1-2H2,3-4H3/b18-8-,26-9-,34-7+. The zero-order chi connectivity index (χ0) is 44.0. The predicted molar refractivity (Wildman–Crippen MR) is 273 cm³/mol. The van der Waals surface area contributed by atoms with Gasteiger partial charge in [-0.05, 0) is 62.4 Å². The van der Waals surface area contributed by atoms with Crippen molar-refractivity contribution in [1.29, 1.82) is 0 Å². The van der Waals surface area contributed by atoms with E-state index in [1.807, 2.05) is 79.8 Å². The van der Waals surface area contributed by atoms with Crippen molar-refractivity contribution in [3.8, 4) is 56.9 Å². The molecule has 5 heterocycles. The van der Waals surface area contributed by atoms with Crippen LogP contribution in [0.5, 0.6) is 0 Å². The fraction of sp³-hybridized carbons (Fsp3) is 0.0357. The summed E-state index contributed by atoms with van der Waals surface area (Å²) < 4.78 is 11.1. The summed E-state index contributed by atoms with van der Waals surface area (Å²) in [6.07, 6.45) is 13.2. The number of benzene rings is 6. The van der Waals surface area contributed by atoms with Crippen LogP contribution in [-0.2, 0) is 0 Å². The molecular weight excluding hydrogens is 837 g/mol. The van der Waals surface area contributed by atoms with E-state index in [1.165, 1.54) is 14.8 Å². The van der Waals surface area contributed by atoms with Gasteiger partial charge in [0.05, 0.1) is 5.56 Å². The van der Waals surface area contributed by atoms with E-state index in [0.717, 1.165) is 81.2 Å². The van der Waals surface area contributed by atoms with Gasteiger partial charge in [-0.15, -0.1) is 22.7 Å². The predicted octanol–water partition coefficient (Wildman–Crippen LogP) is 15.5. The highest BCUT2D eigenvalue weighted by atomic mass is 32.1. The summed E-state index contributed by atoms with van der Waals surface area (Å²) in [5.41, 5.74) is 7.00. The third kappa shape index (κ3) is 7.07. The topological polar surface area (TPSA) is 90.5 Å². The van der Waals surface area contributed by atoms with Crippen LogP contribution in [0.15, 0.2) is 181 Å². The molecule has 0 saturated carbocycles. The summed E-state index contributed by atoms with van der Waals surface area (Å²) in [5.74, 6) is 4.18. The quantitative estimate of drug-likeness (QED) is 0.126. The molecule has 5 aromatic heterocycles. The van der Waals surface area contributed by atoms with Gasteiger partial charge in [-0.1, -0.05) is 135 Å². The van der Waals surface area contributed by atoms with Gasteiger partial charge < -0.3 is 4.42 Å². The second-order valence-corrected chi connectivity index (χ2v) is 17.6. The molecule has 0 N–H and O–H groups in total. The second-order valence-electron chi connectivity index (χ2n) is 15.5. The van der Waals surface area contributed by atoms with E-state index < -0.39 is 0 Å². The Balaban J connectivity index is 1.12. The zero-order valence-corrected chi connectivity index (χ0v) is 37.1. The van der Waals surface area contributed by atoms with E-state index in [-0.39, 0.29) is 0 Å². The summed E-state index contributed by atoms with van der Waals surface area (Å²) in [4.78, 5) is 31.1. The minimum absolute atomic E-state index is 0.521. The van der Waals surface area contributed by atoms with E-state index in [0.29, 0.717) is 34.9 Å². The third-order valence-corrected chi connectivity index (χ3v) is 13.8. The van der Waals surface area contributed by atoms with Gasteiger partial charge in [0.15, 0.2) is 34.9 Å². The fourth-order valence-corrected chi connectivity index (χ4v) is 10.7. The molecule has 0 atom stereocenters. The molecule has 310 valence electrons. The smallest absolute Gasteiger partial charge is 0.167 e. The average molecular weight is 875 g/mol. The van der Waals surface area contributed by atoms with Gasteiger partial charge in [-0.25, -0.2) is 29.9 Å². The number of para-hydroxylation sites is 1. The molecule has 0 aliphatic heterocycles. The maximum Gasteiger partial charge on any atom is 0.167 e. The molecule has 0 aliphatic carbocycles. The number of nitrogens with zero attached hydrogens (tertiary/aromatic N) is 6. The first-order valence-electron chi connectivity index (χ1n) is 21.2. The van der Waals surface area contributed by atoms with Crippen molar-refractivity contribution in [1.82, 2.24) is 29.9 Å². The average Bonchev–Trinajstić information content (AvgIpc) is 4.04. The highest BCUT2D eigenvalue weighted by molar-refractivity contribution is 7.26. The first kappa shape index (κ1) is 39.8. The summed E-state index contributed by atoms with van der Waals surface area (Å²) in [6, 6.07) is 43.8. The third-order valence-electron chi connectivity index (χ3n) is 11.5. The molecule has 7 nitrogen and oxygen atoms in total. The minimum Gasteiger partial charge on any atom is -0.456 e. The number of aromatic nitrogens is 6. The lowest BCUT2D eigenvalue weighted by molar-refractivity contribution is 0.602.